The highest BCUT2D eigenvalue weighted by molar-refractivity contribution is 5.96. The lowest BCUT2D eigenvalue weighted by Crippen LogP contribution is -2.39. The second kappa shape index (κ2) is 9.75. The molecule has 30 heavy (non-hydrogen) atoms. The van der Waals surface area contributed by atoms with Gasteiger partial charge in [-0.1, -0.05) is 6.07 Å². The van der Waals surface area contributed by atoms with E-state index >= 15 is 0 Å². The van der Waals surface area contributed by atoms with E-state index < -0.39 is 23.1 Å². The maximum Gasteiger partial charge on any atom is 0.259 e. The van der Waals surface area contributed by atoms with Crippen LogP contribution in [0.3, 0.4) is 0 Å². The zero-order valence-electron chi connectivity index (χ0n) is 17.1. The van der Waals surface area contributed by atoms with Gasteiger partial charge < -0.3 is 15.0 Å². The second-order valence-electron chi connectivity index (χ2n) is 7.30. The molecule has 0 bridgehead atoms. The summed E-state index contributed by atoms with van der Waals surface area (Å²) < 4.78 is 32.9. The van der Waals surface area contributed by atoms with Gasteiger partial charge in [0, 0.05) is 38.4 Å². The van der Waals surface area contributed by atoms with Crippen LogP contribution in [0.2, 0.25) is 0 Å². The summed E-state index contributed by atoms with van der Waals surface area (Å²) in [5.74, 6) is -2.63. The monoisotopic (exact) mass is 417 g/mol. The van der Waals surface area contributed by atoms with E-state index in [2.05, 4.69) is 10.3 Å². The largest absolute Gasteiger partial charge is 0.383 e. The molecule has 1 fully saturated rings. The maximum absolute atomic E-state index is 14.0. The number of amides is 2. The van der Waals surface area contributed by atoms with Crippen molar-refractivity contribution in [1.29, 1.82) is 0 Å². The van der Waals surface area contributed by atoms with Crippen LogP contribution in [0.5, 0.6) is 0 Å². The van der Waals surface area contributed by atoms with Gasteiger partial charge in [0.05, 0.1) is 17.9 Å². The molecule has 2 heterocycles. The predicted molar refractivity (Wildman–Crippen MR) is 107 cm³/mol. The Bertz CT molecular complexity index is 908. The number of halogens is 2. The lowest BCUT2D eigenvalue weighted by molar-refractivity contribution is 0.0700. The molecule has 0 atom stereocenters. The minimum Gasteiger partial charge on any atom is -0.383 e. The number of pyridine rings is 1. The van der Waals surface area contributed by atoms with Crippen molar-refractivity contribution >= 4 is 11.8 Å². The molecule has 8 heteroatoms. The molecule has 1 aromatic carbocycles. The summed E-state index contributed by atoms with van der Waals surface area (Å²) >= 11 is 0. The minimum atomic E-state index is -0.863. The number of likely N-dealkylation sites (tertiary alicyclic amines) is 1. The highest BCUT2D eigenvalue weighted by Crippen LogP contribution is 2.30. The summed E-state index contributed by atoms with van der Waals surface area (Å²) in [5.41, 5.74) is 1.46. The van der Waals surface area contributed by atoms with E-state index in [1.807, 2.05) is 6.92 Å². The van der Waals surface area contributed by atoms with Crippen molar-refractivity contribution in [3.05, 3.63) is 64.5 Å². The SMILES string of the molecule is COCCNC(=O)c1ccc(C)nc1C1CCN(C(=O)c2c(F)cccc2F)CC1. The van der Waals surface area contributed by atoms with E-state index in [-0.39, 0.29) is 11.8 Å². The predicted octanol–water partition coefficient (Wildman–Crippen LogP) is 3.06. The lowest BCUT2D eigenvalue weighted by Gasteiger charge is -2.32. The number of ether oxygens (including phenoxy) is 1. The number of rotatable bonds is 6. The van der Waals surface area contributed by atoms with E-state index in [0.29, 0.717) is 50.3 Å². The Morgan fingerprint density at radius 2 is 1.83 bits per heavy atom. The molecule has 1 aliphatic rings. The Kier molecular flexibility index (Phi) is 7.10. The van der Waals surface area contributed by atoms with E-state index in [9.17, 15) is 18.4 Å². The van der Waals surface area contributed by atoms with Gasteiger partial charge in [-0.05, 0) is 44.0 Å². The fraction of sp³-hybridized carbons (Fsp3) is 0.409. The number of methoxy groups -OCH3 is 1. The first kappa shape index (κ1) is 21.8. The number of hydrogen-bond acceptors (Lipinski definition) is 4. The molecule has 1 N–H and O–H groups in total. The number of nitrogens with zero attached hydrogens (tertiary/aromatic N) is 2. The van der Waals surface area contributed by atoms with Gasteiger partial charge in [0.1, 0.15) is 17.2 Å². The topological polar surface area (TPSA) is 71.5 Å². The third-order valence-corrected chi connectivity index (χ3v) is 5.25. The molecule has 6 nitrogen and oxygen atoms in total. The van der Waals surface area contributed by atoms with Crippen LogP contribution < -0.4 is 5.32 Å². The number of benzene rings is 1. The number of piperidine rings is 1. The van der Waals surface area contributed by atoms with Crippen molar-refractivity contribution in [2.75, 3.05) is 33.4 Å². The zero-order chi connectivity index (χ0) is 21.7. The number of aromatic nitrogens is 1. The molecule has 1 aliphatic heterocycles. The van der Waals surface area contributed by atoms with Gasteiger partial charge in [-0.2, -0.15) is 0 Å². The first-order valence-corrected chi connectivity index (χ1v) is 9.90. The van der Waals surface area contributed by atoms with Crippen molar-refractivity contribution in [2.45, 2.75) is 25.7 Å². The third-order valence-electron chi connectivity index (χ3n) is 5.25. The maximum atomic E-state index is 14.0. The molecule has 0 aliphatic carbocycles. The van der Waals surface area contributed by atoms with E-state index in [1.54, 1.807) is 19.2 Å². The normalized spacial score (nSPS) is 14.6. The van der Waals surface area contributed by atoms with Gasteiger partial charge in [-0.3, -0.25) is 14.6 Å². The average molecular weight is 417 g/mol. The van der Waals surface area contributed by atoms with Crippen LogP contribution in [0, 0.1) is 18.6 Å². The Hall–Kier alpha value is -2.87. The fourth-order valence-corrected chi connectivity index (χ4v) is 3.66. The molecule has 0 radical (unpaired) electrons. The molecule has 0 spiro atoms. The Morgan fingerprint density at radius 3 is 2.47 bits per heavy atom. The number of nitrogens with one attached hydrogen (secondary N) is 1. The Balaban J connectivity index is 1.72. The Labute approximate surface area is 174 Å². The van der Waals surface area contributed by atoms with Crippen LogP contribution >= 0.6 is 0 Å². The highest BCUT2D eigenvalue weighted by atomic mass is 19.1. The van der Waals surface area contributed by atoms with Gasteiger partial charge in [0.2, 0.25) is 0 Å². The minimum absolute atomic E-state index is 0.0254. The third kappa shape index (κ3) is 4.81. The first-order chi connectivity index (χ1) is 14.4. The average Bonchev–Trinajstić information content (AvgIpc) is 2.73. The second-order valence-corrected chi connectivity index (χ2v) is 7.30. The summed E-state index contributed by atoms with van der Waals surface area (Å²) in [6.07, 6.45) is 1.10. The summed E-state index contributed by atoms with van der Waals surface area (Å²) in [6.45, 7) is 3.32. The van der Waals surface area contributed by atoms with Crippen LogP contribution in [0.4, 0.5) is 8.78 Å². The summed E-state index contributed by atoms with van der Waals surface area (Å²) in [4.78, 5) is 31.2. The van der Waals surface area contributed by atoms with Crippen molar-refractivity contribution in [3.63, 3.8) is 0 Å². The highest BCUT2D eigenvalue weighted by Gasteiger charge is 2.30. The molecule has 3 rings (SSSR count). The molecule has 0 saturated carbocycles. The van der Waals surface area contributed by atoms with Crippen molar-refractivity contribution < 1.29 is 23.1 Å². The quantitative estimate of drug-likeness (QED) is 0.734. The lowest BCUT2D eigenvalue weighted by atomic mass is 9.89. The summed E-state index contributed by atoms with van der Waals surface area (Å²) in [6, 6.07) is 6.93. The van der Waals surface area contributed by atoms with Crippen molar-refractivity contribution in [2.24, 2.45) is 0 Å². The van der Waals surface area contributed by atoms with Gasteiger partial charge >= 0.3 is 0 Å². The number of carbonyl (C=O) groups excluding carboxylic acids is 2. The van der Waals surface area contributed by atoms with Gasteiger partial charge in [-0.15, -0.1) is 0 Å². The number of aryl methyl sites for hydroxylation is 1. The first-order valence-electron chi connectivity index (χ1n) is 9.90. The summed E-state index contributed by atoms with van der Waals surface area (Å²) in [7, 11) is 1.56. The van der Waals surface area contributed by atoms with Crippen LogP contribution in [0.15, 0.2) is 30.3 Å². The van der Waals surface area contributed by atoms with Crippen LogP contribution in [0.1, 0.15) is 50.9 Å². The van der Waals surface area contributed by atoms with Crippen molar-refractivity contribution in [1.82, 2.24) is 15.2 Å². The summed E-state index contributed by atoms with van der Waals surface area (Å²) in [5, 5.41) is 2.81. The van der Waals surface area contributed by atoms with Crippen LogP contribution in [0.25, 0.3) is 0 Å². The molecule has 0 unspecified atom stereocenters. The Morgan fingerprint density at radius 1 is 1.17 bits per heavy atom. The van der Waals surface area contributed by atoms with Gasteiger partial charge in [0.25, 0.3) is 11.8 Å². The zero-order valence-corrected chi connectivity index (χ0v) is 17.1. The van der Waals surface area contributed by atoms with E-state index in [1.165, 1.54) is 11.0 Å². The van der Waals surface area contributed by atoms with Crippen molar-refractivity contribution in [3.8, 4) is 0 Å². The van der Waals surface area contributed by atoms with E-state index in [4.69, 9.17) is 4.74 Å². The van der Waals surface area contributed by atoms with Gasteiger partial charge in [-0.25, -0.2) is 8.78 Å². The molecular weight excluding hydrogens is 392 g/mol. The fourth-order valence-electron chi connectivity index (χ4n) is 3.66. The van der Waals surface area contributed by atoms with Crippen LogP contribution in [-0.2, 0) is 4.74 Å². The number of carbonyl (C=O) groups is 2. The smallest absolute Gasteiger partial charge is 0.259 e. The molecule has 1 saturated heterocycles. The standard InChI is InChI=1S/C22H25F2N3O3/c1-14-6-7-16(21(28)25-10-13-30-2)20(26-14)15-8-11-27(12-9-15)22(29)19-17(23)4-3-5-18(19)24/h3-7,15H,8-13H2,1-2H3,(H,25,28). The van der Waals surface area contributed by atoms with E-state index in [0.717, 1.165) is 17.8 Å². The van der Waals surface area contributed by atoms with Gasteiger partial charge in [0.15, 0.2) is 0 Å². The molecule has 1 aromatic heterocycles. The molecule has 160 valence electrons. The molecule has 2 aromatic rings. The molecule has 2 amide bonds. The number of hydrogen-bond donors (Lipinski definition) is 1. The molecular formula is C22H25F2N3O3. The van der Waals surface area contributed by atoms with Crippen LogP contribution in [-0.4, -0.2) is 55.0 Å².